The van der Waals surface area contributed by atoms with Gasteiger partial charge in [0, 0.05) is 121 Å². The van der Waals surface area contributed by atoms with Gasteiger partial charge in [-0.2, -0.15) is 0 Å². The van der Waals surface area contributed by atoms with E-state index in [1.165, 1.54) is 0 Å². The molecule has 12 rings (SSSR count). The van der Waals surface area contributed by atoms with Crippen LogP contribution in [0.2, 0.25) is 0 Å². The van der Waals surface area contributed by atoms with Crippen LogP contribution >= 0.6 is 0 Å². The third kappa shape index (κ3) is 9.88. The Morgan fingerprint density at radius 3 is 1.27 bits per heavy atom. The monoisotopic (exact) mass is 1060 g/mol. The number of nitrogens with one attached hydrogen (secondary N) is 6. The minimum absolute atomic E-state index is 0.00531. The van der Waals surface area contributed by atoms with Crippen LogP contribution in [0.5, 0.6) is 23.0 Å². The molecule has 6 N–H and O–H groups in total. The Kier molecular flexibility index (Phi) is 13.0. The molecule has 4 aliphatic rings. The molecule has 9 heterocycles. The molecule has 1 aliphatic carbocycles. The third-order valence-electron chi connectivity index (χ3n) is 13.8. The molecule has 3 aliphatic heterocycles. The zero-order valence-electron chi connectivity index (χ0n) is 42.2. The molecule has 3 atom stereocenters. The van der Waals surface area contributed by atoms with Crippen molar-refractivity contribution in [2.24, 2.45) is 5.92 Å². The van der Waals surface area contributed by atoms with Gasteiger partial charge in [-0.3, -0.25) is 58.7 Å². The third-order valence-corrected chi connectivity index (χ3v) is 13.8. The molecule has 0 radical (unpaired) electrons. The fourth-order valence-corrected chi connectivity index (χ4v) is 10.1. The number of rotatable bonds is 12. The van der Waals surface area contributed by atoms with E-state index in [9.17, 15) is 28.8 Å². The van der Waals surface area contributed by atoms with Gasteiger partial charge >= 0.3 is 35.4 Å². The molecular formula is C59H44N12O9. The molecule has 2 aromatic carbocycles. The Labute approximate surface area is 455 Å². The highest BCUT2D eigenvalue weighted by molar-refractivity contribution is 6.40. The Bertz CT molecular complexity index is 3870. The van der Waals surface area contributed by atoms with Crippen molar-refractivity contribution in [1.29, 1.82) is 0 Å². The molecule has 0 fully saturated rings. The van der Waals surface area contributed by atoms with Crippen molar-refractivity contribution in [3.8, 4) is 57.2 Å². The average molecular weight is 1070 g/mol. The number of amides is 6. The van der Waals surface area contributed by atoms with Gasteiger partial charge in [0.25, 0.3) is 0 Å². The summed E-state index contributed by atoms with van der Waals surface area (Å²) in [6.45, 7) is 2.00. The van der Waals surface area contributed by atoms with Gasteiger partial charge in [0.2, 0.25) is 0 Å². The van der Waals surface area contributed by atoms with Gasteiger partial charge in [-0.1, -0.05) is 36.4 Å². The molecule has 21 nitrogen and oxygen atoms in total. The molecule has 6 aromatic heterocycles. The van der Waals surface area contributed by atoms with Crippen molar-refractivity contribution in [2.45, 2.75) is 38.1 Å². The lowest BCUT2D eigenvalue weighted by molar-refractivity contribution is -0.138. The zero-order chi connectivity index (χ0) is 54.9. The highest BCUT2D eigenvalue weighted by Gasteiger charge is 2.59. The van der Waals surface area contributed by atoms with E-state index in [1.807, 2.05) is 43.3 Å². The first-order chi connectivity index (χ1) is 38.9. The predicted octanol–water partition coefficient (Wildman–Crippen LogP) is 5.96. The molecule has 21 heteroatoms. The van der Waals surface area contributed by atoms with Crippen molar-refractivity contribution in [3.05, 3.63) is 204 Å². The lowest BCUT2D eigenvalue weighted by atomic mass is 9.59. The predicted molar refractivity (Wildman–Crippen MR) is 287 cm³/mol. The first-order valence-corrected chi connectivity index (χ1v) is 25.1. The standard InChI is InChI=1S/C59H44N12O9/c1-59-50-44-20-35(69-56(75)53(72)66-29-32-11-14-41(63-26-32)38-8-2-5-17-60-38)21-45(50)79-47-23-37(71-58(77)55(74)68-31-34-13-16-43(65-28-34)40-10-4-7-19-62-40)25-49(52(47)59)80-48-24-36(22-46(78-44)51(48)59)70-57(76)54(73)67-30-33-12-15-42(64-27-33)39-9-3-6-18-61-39/h2-28,44,50H,29-31H2,1H3,(H,66,72)(H,67,73)(H,68,74)(H,69,75)(H,70,76)(H,71,77)/t44?,50?,59-/m1/s1. The topological polar surface area (TPSA) is 280 Å². The van der Waals surface area contributed by atoms with Crippen molar-refractivity contribution in [3.63, 3.8) is 0 Å². The first-order valence-electron chi connectivity index (χ1n) is 25.1. The molecule has 80 heavy (non-hydrogen) atoms. The highest BCUT2D eigenvalue weighted by Crippen LogP contribution is 2.65. The van der Waals surface area contributed by atoms with Crippen LogP contribution < -0.4 is 46.1 Å². The van der Waals surface area contributed by atoms with Crippen LogP contribution in [0.1, 0.15) is 34.7 Å². The lowest BCUT2D eigenvalue weighted by Gasteiger charge is -2.53. The van der Waals surface area contributed by atoms with E-state index in [4.69, 9.17) is 14.2 Å². The molecule has 0 bridgehead atoms. The average Bonchev–Trinajstić information content (AvgIpc) is 3.66. The van der Waals surface area contributed by atoms with Crippen molar-refractivity contribution < 1.29 is 43.0 Å². The summed E-state index contributed by atoms with van der Waals surface area (Å²) in [6, 6.07) is 33.3. The number of pyridine rings is 6. The molecule has 8 aromatic rings. The van der Waals surface area contributed by atoms with Crippen LogP contribution in [-0.4, -0.2) is 71.5 Å². The van der Waals surface area contributed by atoms with E-state index in [-0.39, 0.29) is 59.7 Å². The van der Waals surface area contributed by atoms with Crippen LogP contribution in [0.25, 0.3) is 34.2 Å². The van der Waals surface area contributed by atoms with Crippen molar-refractivity contribution in [1.82, 2.24) is 51.2 Å². The zero-order valence-corrected chi connectivity index (χ0v) is 42.2. The SMILES string of the molecule is C[C@]12c3c4cc(NC(=O)C(=O)NCc5ccc(-c6ccccn6)nc5)cc3Oc3cc(NC(=O)C(=O)NCc5ccc(-c6ccccn6)nc5)cc(c31)OC1C=C(NC(=O)C(=O)NCc3ccc(-c5ccccn5)nc3)C=C(O4)C12. The molecule has 0 spiro atoms. The maximum Gasteiger partial charge on any atom is 0.313 e. The fraction of sp³-hybridized carbons (Fsp3) is 0.119. The van der Waals surface area contributed by atoms with Crippen molar-refractivity contribution in [2.75, 3.05) is 10.6 Å². The minimum Gasteiger partial charge on any atom is -0.485 e. The first kappa shape index (κ1) is 49.9. The smallest absolute Gasteiger partial charge is 0.313 e. The fourth-order valence-electron chi connectivity index (χ4n) is 10.1. The molecule has 0 saturated carbocycles. The quantitative estimate of drug-likeness (QED) is 0.0770. The maximum absolute atomic E-state index is 13.5. The minimum atomic E-state index is -0.996. The number of hydrogen-bond donors (Lipinski definition) is 6. The number of ether oxygens (including phenoxy) is 3. The summed E-state index contributed by atoms with van der Waals surface area (Å²) in [5.41, 5.74) is 6.56. The second kappa shape index (κ2) is 20.9. The summed E-state index contributed by atoms with van der Waals surface area (Å²) in [4.78, 5) is 107. The molecule has 394 valence electrons. The van der Waals surface area contributed by atoms with E-state index in [2.05, 4.69) is 61.8 Å². The Hall–Kier alpha value is -11.0. The van der Waals surface area contributed by atoms with E-state index in [1.54, 1.807) is 128 Å². The number of carbonyl (C=O) groups excluding carboxylic acids is 6. The number of anilines is 2. The number of benzene rings is 2. The van der Waals surface area contributed by atoms with Gasteiger partial charge in [-0.15, -0.1) is 0 Å². The Morgan fingerprint density at radius 2 is 0.863 bits per heavy atom. The summed E-state index contributed by atoms with van der Waals surface area (Å²) in [7, 11) is 0. The van der Waals surface area contributed by atoms with Crippen molar-refractivity contribution >= 4 is 46.8 Å². The largest absolute Gasteiger partial charge is 0.485 e. The van der Waals surface area contributed by atoms with Gasteiger partial charge in [0.1, 0.15) is 34.9 Å². The van der Waals surface area contributed by atoms with E-state index >= 15 is 0 Å². The Morgan fingerprint density at radius 1 is 0.463 bits per heavy atom. The number of hydrogen-bond acceptors (Lipinski definition) is 15. The summed E-state index contributed by atoms with van der Waals surface area (Å²) in [5.74, 6) is -4.93. The van der Waals surface area contributed by atoms with Gasteiger partial charge in [-0.05, 0) is 84.3 Å². The van der Waals surface area contributed by atoms with Gasteiger partial charge in [0.15, 0.2) is 0 Å². The maximum atomic E-state index is 13.5. The van der Waals surface area contributed by atoms with Gasteiger partial charge in [-0.25, -0.2) is 0 Å². The lowest BCUT2D eigenvalue weighted by Crippen LogP contribution is -2.53. The number of aromatic nitrogens is 6. The molecule has 6 amide bonds. The van der Waals surface area contributed by atoms with Crippen LogP contribution in [-0.2, 0) is 53.8 Å². The normalized spacial score (nSPS) is 16.5. The van der Waals surface area contributed by atoms with E-state index in [0.717, 1.165) is 0 Å². The molecular weight excluding hydrogens is 1020 g/mol. The van der Waals surface area contributed by atoms with E-state index < -0.39 is 52.9 Å². The summed E-state index contributed by atoms with van der Waals surface area (Å²) in [6.07, 6.45) is 12.2. The second-order valence-electron chi connectivity index (χ2n) is 19.0. The van der Waals surface area contributed by atoms with Crippen LogP contribution in [0, 0.1) is 5.92 Å². The number of allylic oxidation sites excluding steroid dienone is 1. The van der Waals surface area contributed by atoms with Gasteiger partial charge in [0.05, 0.1) is 40.1 Å². The summed E-state index contributed by atoms with van der Waals surface area (Å²) >= 11 is 0. The van der Waals surface area contributed by atoms with Crippen LogP contribution in [0.3, 0.4) is 0 Å². The van der Waals surface area contributed by atoms with Crippen LogP contribution in [0.15, 0.2) is 176 Å². The highest BCUT2D eigenvalue weighted by atomic mass is 16.5. The summed E-state index contributed by atoms with van der Waals surface area (Å²) in [5, 5.41) is 15.9. The number of nitrogens with zero attached hydrogens (tertiary/aromatic N) is 6. The Balaban J connectivity index is 0.791. The molecule has 2 unspecified atom stereocenters. The van der Waals surface area contributed by atoms with Crippen LogP contribution in [0.4, 0.5) is 11.4 Å². The second-order valence-corrected chi connectivity index (χ2v) is 19.0. The molecule has 0 saturated heterocycles. The van der Waals surface area contributed by atoms with Gasteiger partial charge < -0.3 is 46.1 Å². The number of carbonyl (C=O) groups is 6. The van der Waals surface area contributed by atoms with E-state index in [0.29, 0.717) is 67.7 Å². The summed E-state index contributed by atoms with van der Waals surface area (Å²) < 4.78 is 19.9.